The fraction of sp³-hybridized carbons (Fsp3) is 0.355. The van der Waals surface area contributed by atoms with Gasteiger partial charge in [-0.2, -0.15) is 5.26 Å². The number of nitrogens with zero attached hydrogens (tertiary/aromatic N) is 2. The summed E-state index contributed by atoms with van der Waals surface area (Å²) in [5, 5.41) is 19.6. The highest BCUT2D eigenvalue weighted by atomic mass is 16.5. The van der Waals surface area contributed by atoms with Crippen molar-refractivity contribution in [1.29, 1.82) is 5.26 Å². The molecule has 3 aromatic carbocycles. The lowest BCUT2D eigenvalue weighted by Crippen LogP contribution is -2.41. The summed E-state index contributed by atoms with van der Waals surface area (Å²) in [6.45, 7) is 5.46. The van der Waals surface area contributed by atoms with Gasteiger partial charge in [-0.1, -0.05) is 30.3 Å². The highest BCUT2D eigenvalue weighted by Gasteiger charge is 2.23. The van der Waals surface area contributed by atoms with E-state index < -0.39 is 0 Å². The number of ether oxygens (including phenoxy) is 2. The van der Waals surface area contributed by atoms with Gasteiger partial charge in [-0.05, 0) is 87.4 Å². The fourth-order valence-electron chi connectivity index (χ4n) is 4.76. The highest BCUT2D eigenvalue weighted by Crippen LogP contribution is 2.36. The number of hydrogen-bond donors (Lipinski definition) is 1. The fourth-order valence-corrected chi connectivity index (χ4v) is 4.76. The van der Waals surface area contributed by atoms with Crippen LogP contribution in [0.3, 0.4) is 0 Å². The molecule has 1 aliphatic rings. The number of phenolic OH excluding ortho intramolecular Hbond substituents is 1. The molecule has 1 N–H and O–H groups in total. The standard InChI is InChI=1S/C31H34N2O4/c1-22(2)37-26-7-5-6-24(18-26)11-10-23-14-16-33(17-15-23)31(35)21-36-30-9-4-3-8-27(30)28-19-25(20-32)12-13-29(28)34/h3-9,12-13,18-19,22-23,34H,10-11,14-17,21H2,1-2H3. The van der Waals surface area contributed by atoms with Crippen molar-refractivity contribution in [1.82, 2.24) is 4.90 Å². The molecule has 0 spiro atoms. The van der Waals surface area contributed by atoms with Crippen LogP contribution in [0.1, 0.15) is 44.2 Å². The van der Waals surface area contributed by atoms with Crippen LogP contribution in [-0.4, -0.2) is 41.7 Å². The zero-order chi connectivity index (χ0) is 26.2. The lowest BCUT2D eigenvalue weighted by Gasteiger charge is -2.32. The Bertz CT molecular complexity index is 1260. The molecule has 4 rings (SSSR count). The van der Waals surface area contributed by atoms with E-state index in [-0.39, 0.29) is 24.4 Å². The molecule has 0 radical (unpaired) electrons. The first-order chi connectivity index (χ1) is 17.9. The number of likely N-dealkylation sites (tertiary alicyclic amines) is 1. The Morgan fingerprint density at radius 2 is 1.84 bits per heavy atom. The summed E-state index contributed by atoms with van der Waals surface area (Å²) in [7, 11) is 0. The Morgan fingerprint density at radius 1 is 1.05 bits per heavy atom. The summed E-state index contributed by atoms with van der Waals surface area (Å²) >= 11 is 0. The molecule has 0 aromatic heterocycles. The summed E-state index contributed by atoms with van der Waals surface area (Å²) in [4.78, 5) is 14.8. The molecular formula is C31H34N2O4. The number of para-hydroxylation sites is 1. The molecule has 192 valence electrons. The first-order valence-electron chi connectivity index (χ1n) is 12.9. The summed E-state index contributed by atoms with van der Waals surface area (Å²) in [5.41, 5.74) is 2.88. The third-order valence-electron chi connectivity index (χ3n) is 6.73. The number of rotatable bonds is 9. The van der Waals surface area contributed by atoms with E-state index in [0.717, 1.165) is 44.5 Å². The first kappa shape index (κ1) is 26.1. The average molecular weight is 499 g/mol. The van der Waals surface area contributed by atoms with Crippen LogP contribution in [0.4, 0.5) is 0 Å². The smallest absolute Gasteiger partial charge is 0.260 e. The Kier molecular flexibility index (Phi) is 8.68. The summed E-state index contributed by atoms with van der Waals surface area (Å²) in [6.07, 6.45) is 4.24. The normalized spacial score (nSPS) is 13.8. The van der Waals surface area contributed by atoms with E-state index in [9.17, 15) is 15.2 Å². The maximum Gasteiger partial charge on any atom is 0.260 e. The molecule has 1 amide bonds. The number of aryl methyl sites for hydroxylation is 1. The monoisotopic (exact) mass is 498 g/mol. The van der Waals surface area contributed by atoms with Crippen LogP contribution in [-0.2, 0) is 11.2 Å². The van der Waals surface area contributed by atoms with Gasteiger partial charge in [0, 0.05) is 24.2 Å². The molecular weight excluding hydrogens is 464 g/mol. The second kappa shape index (κ2) is 12.3. The van der Waals surface area contributed by atoms with E-state index in [1.807, 2.05) is 49.1 Å². The van der Waals surface area contributed by atoms with Crippen LogP contribution in [0, 0.1) is 17.2 Å². The number of nitriles is 1. The molecule has 0 atom stereocenters. The molecule has 3 aromatic rings. The maximum absolute atomic E-state index is 12.9. The van der Waals surface area contributed by atoms with Crippen molar-refractivity contribution < 1.29 is 19.4 Å². The van der Waals surface area contributed by atoms with Crippen LogP contribution >= 0.6 is 0 Å². The van der Waals surface area contributed by atoms with Crippen molar-refractivity contribution in [3.63, 3.8) is 0 Å². The predicted molar refractivity (Wildman–Crippen MR) is 144 cm³/mol. The minimum Gasteiger partial charge on any atom is -0.507 e. The van der Waals surface area contributed by atoms with E-state index in [4.69, 9.17) is 9.47 Å². The highest BCUT2D eigenvalue weighted by molar-refractivity contribution is 5.80. The number of hydrogen-bond acceptors (Lipinski definition) is 5. The van der Waals surface area contributed by atoms with Gasteiger partial charge in [0.05, 0.1) is 17.7 Å². The number of carbonyl (C=O) groups is 1. The number of piperidine rings is 1. The van der Waals surface area contributed by atoms with Gasteiger partial charge in [0.25, 0.3) is 5.91 Å². The van der Waals surface area contributed by atoms with Gasteiger partial charge < -0.3 is 19.5 Å². The molecule has 6 nitrogen and oxygen atoms in total. The Hall–Kier alpha value is -3.98. The van der Waals surface area contributed by atoms with Crippen LogP contribution in [0.5, 0.6) is 17.2 Å². The van der Waals surface area contributed by atoms with Gasteiger partial charge in [-0.15, -0.1) is 0 Å². The molecule has 1 aliphatic heterocycles. The molecule has 1 heterocycles. The SMILES string of the molecule is CC(C)Oc1cccc(CCC2CCN(C(=O)COc3ccccc3-c3cc(C#N)ccc3O)CC2)c1. The number of aromatic hydroxyl groups is 1. The van der Waals surface area contributed by atoms with Gasteiger partial charge in [-0.3, -0.25) is 4.79 Å². The zero-order valence-electron chi connectivity index (χ0n) is 21.5. The van der Waals surface area contributed by atoms with E-state index >= 15 is 0 Å². The summed E-state index contributed by atoms with van der Waals surface area (Å²) < 4.78 is 11.7. The van der Waals surface area contributed by atoms with Crippen LogP contribution in [0.25, 0.3) is 11.1 Å². The van der Waals surface area contributed by atoms with Gasteiger partial charge in [0.15, 0.2) is 6.61 Å². The molecule has 0 bridgehead atoms. The van der Waals surface area contributed by atoms with E-state index in [0.29, 0.717) is 28.4 Å². The number of benzene rings is 3. The second-order valence-electron chi connectivity index (χ2n) is 9.81. The van der Waals surface area contributed by atoms with E-state index in [2.05, 4.69) is 18.2 Å². The Labute approximate surface area is 219 Å². The van der Waals surface area contributed by atoms with E-state index in [1.165, 1.54) is 11.6 Å². The number of phenols is 1. The van der Waals surface area contributed by atoms with Crippen molar-refractivity contribution in [2.45, 2.75) is 45.6 Å². The third-order valence-corrected chi connectivity index (χ3v) is 6.73. The molecule has 37 heavy (non-hydrogen) atoms. The van der Waals surface area contributed by atoms with E-state index in [1.54, 1.807) is 18.2 Å². The van der Waals surface area contributed by atoms with Crippen molar-refractivity contribution in [2.24, 2.45) is 5.92 Å². The minimum absolute atomic E-state index is 0.0400. The molecule has 1 fully saturated rings. The zero-order valence-corrected chi connectivity index (χ0v) is 21.5. The van der Waals surface area contributed by atoms with Crippen molar-refractivity contribution >= 4 is 5.91 Å². The number of carbonyl (C=O) groups excluding carboxylic acids is 1. The lowest BCUT2D eigenvalue weighted by atomic mass is 9.90. The maximum atomic E-state index is 12.9. The van der Waals surface area contributed by atoms with Crippen molar-refractivity contribution in [3.8, 4) is 34.4 Å². The second-order valence-corrected chi connectivity index (χ2v) is 9.81. The van der Waals surface area contributed by atoms with Gasteiger partial charge in [-0.25, -0.2) is 0 Å². The average Bonchev–Trinajstić information content (AvgIpc) is 2.91. The third kappa shape index (κ3) is 7.04. The van der Waals surface area contributed by atoms with Crippen molar-refractivity contribution in [2.75, 3.05) is 19.7 Å². The van der Waals surface area contributed by atoms with Gasteiger partial charge >= 0.3 is 0 Å². The van der Waals surface area contributed by atoms with Gasteiger partial charge in [0.1, 0.15) is 17.2 Å². The van der Waals surface area contributed by atoms with Crippen LogP contribution < -0.4 is 9.47 Å². The van der Waals surface area contributed by atoms with Crippen LogP contribution in [0.15, 0.2) is 66.7 Å². The quantitative estimate of drug-likeness (QED) is 0.393. The minimum atomic E-state index is -0.0664. The first-order valence-corrected chi connectivity index (χ1v) is 12.9. The predicted octanol–water partition coefficient (Wildman–Crippen LogP) is 5.97. The summed E-state index contributed by atoms with van der Waals surface area (Å²) in [6, 6.07) is 22.3. The summed E-state index contributed by atoms with van der Waals surface area (Å²) in [5.74, 6) is 2.03. The molecule has 6 heteroatoms. The topological polar surface area (TPSA) is 82.8 Å². The molecule has 0 unspecified atom stereocenters. The van der Waals surface area contributed by atoms with Crippen LogP contribution in [0.2, 0.25) is 0 Å². The number of amides is 1. The molecule has 0 saturated carbocycles. The molecule has 0 aliphatic carbocycles. The molecule has 1 saturated heterocycles. The lowest BCUT2D eigenvalue weighted by molar-refractivity contribution is -0.134. The Balaban J connectivity index is 1.28. The largest absolute Gasteiger partial charge is 0.507 e. The Morgan fingerprint density at radius 3 is 2.59 bits per heavy atom. The van der Waals surface area contributed by atoms with Crippen molar-refractivity contribution in [3.05, 3.63) is 77.9 Å². The van der Waals surface area contributed by atoms with Gasteiger partial charge in [0.2, 0.25) is 0 Å².